The zero-order chi connectivity index (χ0) is 22.8. The Hall–Kier alpha value is -3.54. The molecule has 2 aromatic carbocycles. The highest BCUT2D eigenvalue weighted by molar-refractivity contribution is 5.91. The summed E-state index contributed by atoms with van der Waals surface area (Å²) < 4.78 is 10.6. The van der Waals surface area contributed by atoms with Crippen LogP contribution in [0.5, 0.6) is 0 Å². The van der Waals surface area contributed by atoms with Crippen LogP contribution in [-0.4, -0.2) is 30.0 Å². The van der Waals surface area contributed by atoms with Crippen LogP contribution in [0.2, 0.25) is 0 Å². The molecule has 1 atom stereocenters. The number of amides is 1. The van der Waals surface area contributed by atoms with E-state index < -0.39 is 12.0 Å². The number of para-hydroxylation sites is 1. The van der Waals surface area contributed by atoms with Crippen molar-refractivity contribution in [2.75, 3.05) is 7.11 Å². The fourth-order valence-electron chi connectivity index (χ4n) is 4.28. The topological polar surface area (TPSA) is 84.3 Å². The Morgan fingerprint density at radius 3 is 2.66 bits per heavy atom. The normalized spacial score (nSPS) is 12.4. The molecule has 0 aliphatic heterocycles. The molecule has 2 heterocycles. The number of methoxy groups -OCH3 is 1. The average molecular weight is 433 g/mol. The van der Waals surface area contributed by atoms with Gasteiger partial charge in [-0.25, -0.2) is 4.79 Å². The second-order valence-corrected chi connectivity index (χ2v) is 8.50. The summed E-state index contributed by atoms with van der Waals surface area (Å²) in [7, 11) is 1.33. The molecule has 0 bridgehead atoms. The molecular weight excluding hydrogens is 404 g/mol. The van der Waals surface area contributed by atoms with Crippen LogP contribution in [0.25, 0.3) is 21.9 Å². The van der Waals surface area contributed by atoms with Crippen molar-refractivity contribution in [1.82, 2.24) is 10.3 Å². The minimum Gasteiger partial charge on any atom is -0.467 e. The van der Waals surface area contributed by atoms with Crippen molar-refractivity contribution in [3.05, 3.63) is 71.1 Å². The molecule has 6 heteroatoms. The van der Waals surface area contributed by atoms with Gasteiger partial charge in [-0.05, 0) is 47.7 Å². The van der Waals surface area contributed by atoms with Gasteiger partial charge in [-0.1, -0.05) is 32.0 Å². The number of hydrogen-bond donors (Lipinski definition) is 2. The molecule has 0 radical (unpaired) electrons. The van der Waals surface area contributed by atoms with Gasteiger partial charge < -0.3 is 19.5 Å². The van der Waals surface area contributed by atoms with Crippen molar-refractivity contribution in [2.24, 2.45) is 0 Å². The van der Waals surface area contributed by atoms with Crippen molar-refractivity contribution in [1.29, 1.82) is 0 Å². The van der Waals surface area contributed by atoms with E-state index in [-0.39, 0.29) is 12.3 Å². The van der Waals surface area contributed by atoms with Gasteiger partial charge in [0, 0.05) is 34.5 Å². The molecule has 4 rings (SSSR count). The summed E-state index contributed by atoms with van der Waals surface area (Å²) in [6, 6.07) is 11.2. The molecule has 1 amide bonds. The van der Waals surface area contributed by atoms with E-state index in [1.165, 1.54) is 18.2 Å². The number of H-pyrrole nitrogens is 1. The molecule has 0 aliphatic carbocycles. The van der Waals surface area contributed by atoms with E-state index in [1.54, 1.807) is 6.26 Å². The third-order valence-corrected chi connectivity index (χ3v) is 5.94. The number of rotatable bonds is 7. The Labute approximate surface area is 186 Å². The smallest absolute Gasteiger partial charge is 0.328 e. The molecule has 0 fully saturated rings. The highest BCUT2D eigenvalue weighted by atomic mass is 16.5. The van der Waals surface area contributed by atoms with Crippen LogP contribution in [0.3, 0.4) is 0 Å². The monoisotopic (exact) mass is 432 g/mol. The van der Waals surface area contributed by atoms with Crippen LogP contribution in [0.15, 0.2) is 53.3 Å². The SMILES string of the molecule is COC(=O)[C@@H](Cc1c[nH]c2ccccc12)NC(=O)Cc1coc2cc(C)c(C(C)C)cc12. The summed E-state index contributed by atoms with van der Waals surface area (Å²) in [5, 5.41) is 4.81. The number of benzene rings is 2. The Bertz CT molecular complexity index is 1280. The molecule has 0 unspecified atom stereocenters. The van der Waals surface area contributed by atoms with Gasteiger partial charge in [-0.15, -0.1) is 0 Å². The summed E-state index contributed by atoms with van der Waals surface area (Å²) in [5.74, 6) is -0.358. The maximum absolute atomic E-state index is 12.9. The Kier molecular flexibility index (Phi) is 6.04. The van der Waals surface area contributed by atoms with Gasteiger partial charge in [-0.3, -0.25) is 4.79 Å². The highest BCUT2D eigenvalue weighted by Gasteiger charge is 2.24. The third kappa shape index (κ3) is 4.26. The van der Waals surface area contributed by atoms with E-state index in [0.29, 0.717) is 12.3 Å². The first-order valence-electron chi connectivity index (χ1n) is 10.8. The van der Waals surface area contributed by atoms with E-state index in [0.717, 1.165) is 33.0 Å². The van der Waals surface area contributed by atoms with E-state index in [1.807, 2.05) is 36.5 Å². The summed E-state index contributed by atoms with van der Waals surface area (Å²) in [4.78, 5) is 28.5. The Morgan fingerprint density at radius 1 is 1.12 bits per heavy atom. The number of nitrogens with one attached hydrogen (secondary N) is 2. The largest absolute Gasteiger partial charge is 0.467 e. The first kappa shape index (κ1) is 21.7. The summed E-state index contributed by atoms with van der Waals surface area (Å²) in [6.07, 6.45) is 3.95. The predicted octanol–water partition coefficient (Wildman–Crippen LogP) is 4.79. The van der Waals surface area contributed by atoms with Gasteiger partial charge in [0.1, 0.15) is 11.6 Å². The lowest BCUT2D eigenvalue weighted by atomic mass is 9.95. The number of aromatic amines is 1. The van der Waals surface area contributed by atoms with Crippen molar-refractivity contribution in [2.45, 2.75) is 45.6 Å². The quantitative estimate of drug-likeness (QED) is 0.411. The fourth-order valence-corrected chi connectivity index (χ4v) is 4.28. The maximum atomic E-state index is 12.9. The third-order valence-electron chi connectivity index (χ3n) is 5.94. The van der Waals surface area contributed by atoms with Gasteiger partial charge in [0.05, 0.1) is 19.8 Å². The van der Waals surface area contributed by atoms with Gasteiger partial charge in [-0.2, -0.15) is 0 Å². The standard InChI is InChI=1S/C26H28N2O4/c1-15(2)20-12-21-18(14-32-24(21)9-16(20)3)11-25(29)28-23(26(30)31-4)10-17-13-27-22-8-6-5-7-19(17)22/h5-9,12-15,23,27H,10-11H2,1-4H3,(H,28,29)/t23-/m1/s1. The number of carbonyl (C=O) groups excluding carboxylic acids is 2. The molecule has 6 nitrogen and oxygen atoms in total. The van der Waals surface area contributed by atoms with Gasteiger partial charge in [0.2, 0.25) is 5.91 Å². The fraction of sp³-hybridized carbons (Fsp3) is 0.308. The zero-order valence-electron chi connectivity index (χ0n) is 18.8. The lowest BCUT2D eigenvalue weighted by molar-refractivity contribution is -0.145. The molecule has 0 spiro atoms. The Balaban J connectivity index is 1.54. The van der Waals surface area contributed by atoms with E-state index in [2.05, 4.69) is 37.1 Å². The first-order chi connectivity index (χ1) is 15.4. The summed E-state index contributed by atoms with van der Waals surface area (Å²) >= 11 is 0. The van der Waals surface area contributed by atoms with Crippen LogP contribution >= 0.6 is 0 Å². The lowest BCUT2D eigenvalue weighted by Gasteiger charge is -2.16. The molecule has 4 aromatic rings. The van der Waals surface area contributed by atoms with Crippen LogP contribution in [0, 0.1) is 6.92 Å². The van der Waals surface area contributed by atoms with Crippen LogP contribution < -0.4 is 5.32 Å². The van der Waals surface area contributed by atoms with Crippen molar-refractivity contribution >= 4 is 33.7 Å². The number of aromatic nitrogens is 1. The lowest BCUT2D eigenvalue weighted by Crippen LogP contribution is -2.43. The summed E-state index contributed by atoms with van der Waals surface area (Å²) in [6.45, 7) is 6.36. The molecule has 2 N–H and O–H groups in total. The van der Waals surface area contributed by atoms with E-state index in [4.69, 9.17) is 9.15 Å². The van der Waals surface area contributed by atoms with Crippen LogP contribution in [0.4, 0.5) is 0 Å². The summed E-state index contributed by atoms with van der Waals surface area (Å²) in [5.41, 5.74) is 5.89. The zero-order valence-corrected chi connectivity index (χ0v) is 18.8. The highest BCUT2D eigenvalue weighted by Crippen LogP contribution is 2.29. The average Bonchev–Trinajstić information content (AvgIpc) is 3.35. The van der Waals surface area contributed by atoms with Gasteiger partial charge in [0.15, 0.2) is 0 Å². The van der Waals surface area contributed by atoms with E-state index in [9.17, 15) is 9.59 Å². The molecule has 32 heavy (non-hydrogen) atoms. The second kappa shape index (κ2) is 8.91. The number of aryl methyl sites for hydroxylation is 1. The predicted molar refractivity (Wildman–Crippen MR) is 125 cm³/mol. The Morgan fingerprint density at radius 2 is 1.91 bits per heavy atom. The molecule has 0 saturated carbocycles. The number of carbonyl (C=O) groups is 2. The van der Waals surface area contributed by atoms with Crippen molar-refractivity contribution in [3.8, 4) is 0 Å². The molecule has 0 saturated heterocycles. The van der Waals surface area contributed by atoms with Gasteiger partial charge in [0.25, 0.3) is 0 Å². The van der Waals surface area contributed by atoms with Crippen LogP contribution in [-0.2, 0) is 27.2 Å². The number of furan rings is 1. The van der Waals surface area contributed by atoms with E-state index >= 15 is 0 Å². The second-order valence-electron chi connectivity index (χ2n) is 8.50. The van der Waals surface area contributed by atoms with Crippen molar-refractivity contribution in [3.63, 3.8) is 0 Å². The van der Waals surface area contributed by atoms with Gasteiger partial charge >= 0.3 is 5.97 Å². The van der Waals surface area contributed by atoms with Crippen LogP contribution in [0.1, 0.15) is 42.0 Å². The minimum atomic E-state index is -0.779. The van der Waals surface area contributed by atoms with Crippen molar-refractivity contribution < 1.29 is 18.7 Å². The molecule has 2 aromatic heterocycles. The molecule has 166 valence electrons. The molecule has 0 aliphatic rings. The number of hydrogen-bond acceptors (Lipinski definition) is 4. The minimum absolute atomic E-state index is 0.120. The number of esters is 1. The molecular formula is C26H28N2O4. The number of ether oxygens (including phenoxy) is 1. The first-order valence-corrected chi connectivity index (χ1v) is 10.8. The maximum Gasteiger partial charge on any atom is 0.328 e. The number of fused-ring (bicyclic) bond motifs is 2.